The second-order valence-corrected chi connectivity index (χ2v) is 8.83. The van der Waals surface area contributed by atoms with Gasteiger partial charge in [-0.3, -0.25) is 4.79 Å². The van der Waals surface area contributed by atoms with E-state index in [1.165, 1.54) is 18.9 Å². The van der Waals surface area contributed by atoms with Gasteiger partial charge >= 0.3 is 11.9 Å². The first-order chi connectivity index (χ1) is 16.4. The lowest BCUT2D eigenvalue weighted by Gasteiger charge is -2.27. The topological polar surface area (TPSA) is 105 Å². The van der Waals surface area contributed by atoms with E-state index in [0.29, 0.717) is 28.6 Å². The fourth-order valence-corrected chi connectivity index (χ4v) is 4.20. The Morgan fingerprint density at radius 1 is 1.03 bits per heavy atom. The van der Waals surface area contributed by atoms with Gasteiger partial charge in [-0.05, 0) is 86.4 Å². The van der Waals surface area contributed by atoms with E-state index in [0.717, 1.165) is 37.7 Å². The summed E-state index contributed by atoms with van der Waals surface area (Å²) >= 11 is 0. The number of rotatable bonds is 10. The maximum Gasteiger partial charge on any atom is 0.331 e. The van der Waals surface area contributed by atoms with Crippen molar-refractivity contribution >= 4 is 29.4 Å². The van der Waals surface area contributed by atoms with Crippen LogP contribution in [0.1, 0.15) is 56.1 Å². The van der Waals surface area contributed by atoms with Crippen molar-refractivity contribution in [2.24, 2.45) is 11.8 Å². The molecule has 4 N–H and O–H groups in total. The van der Waals surface area contributed by atoms with Crippen LogP contribution >= 0.6 is 0 Å². The molecule has 0 amide bonds. The van der Waals surface area contributed by atoms with Crippen LogP contribution in [0.5, 0.6) is 5.75 Å². The molecular formula is C28H34N2O4. The van der Waals surface area contributed by atoms with Gasteiger partial charge in [0.1, 0.15) is 12.4 Å². The van der Waals surface area contributed by atoms with E-state index in [2.05, 4.69) is 6.58 Å². The van der Waals surface area contributed by atoms with Crippen LogP contribution in [0.4, 0.5) is 11.4 Å². The summed E-state index contributed by atoms with van der Waals surface area (Å²) in [6.07, 6.45) is 12.4. The number of ether oxygens (including phenoxy) is 2. The molecule has 0 atom stereocenters. The van der Waals surface area contributed by atoms with Gasteiger partial charge in [0.2, 0.25) is 0 Å². The Morgan fingerprint density at radius 2 is 1.76 bits per heavy atom. The van der Waals surface area contributed by atoms with E-state index < -0.39 is 5.97 Å². The summed E-state index contributed by atoms with van der Waals surface area (Å²) in [6.45, 7) is 3.82. The zero-order chi connectivity index (χ0) is 24.3. The molecule has 6 nitrogen and oxygen atoms in total. The first kappa shape index (κ1) is 25.1. The molecule has 3 rings (SSSR count). The van der Waals surface area contributed by atoms with Gasteiger partial charge in [0.15, 0.2) is 0 Å². The van der Waals surface area contributed by atoms with Crippen LogP contribution in [0.2, 0.25) is 0 Å². The molecule has 0 heterocycles. The van der Waals surface area contributed by atoms with E-state index in [1.807, 2.05) is 6.08 Å². The minimum atomic E-state index is -0.488. The Morgan fingerprint density at radius 3 is 2.47 bits per heavy atom. The van der Waals surface area contributed by atoms with E-state index in [1.54, 1.807) is 48.5 Å². The summed E-state index contributed by atoms with van der Waals surface area (Å²) < 4.78 is 10.8. The van der Waals surface area contributed by atoms with Gasteiger partial charge in [0.25, 0.3) is 0 Å². The van der Waals surface area contributed by atoms with Crippen LogP contribution in [0.3, 0.4) is 0 Å². The fraction of sp³-hybridized carbons (Fsp3) is 0.357. The van der Waals surface area contributed by atoms with Crippen molar-refractivity contribution in [2.45, 2.75) is 51.6 Å². The van der Waals surface area contributed by atoms with Crippen molar-refractivity contribution in [2.75, 3.05) is 11.5 Å². The average Bonchev–Trinajstić information content (AvgIpc) is 2.84. The van der Waals surface area contributed by atoms with Crippen LogP contribution in [0.25, 0.3) is 6.08 Å². The summed E-state index contributed by atoms with van der Waals surface area (Å²) in [6, 6.07) is 12.1. The molecule has 0 bridgehead atoms. The molecule has 2 aromatic carbocycles. The number of carbonyl (C=O) groups is 2. The normalized spacial score (nSPS) is 17.9. The molecule has 2 aromatic rings. The molecule has 0 aromatic heterocycles. The summed E-state index contributed by atoms with van der Waals surface area (Å²) in [5, 5.41) is 0. The lowest BCUT2D eigenvalue weighted by Crippen LogP contribution is -2.25. The number of nitrogen functional groups attached to an aromatic ring is 2. The SMILES string of the molecule is C=CCCCC1CCC(C(=O)Oc2ccc(/C=C/C(=O)OCc3cc(N)ccc3N)cc2)CC1. The Labute approximate surface area is 201 Å². The van der Waals surface area contributed by atoms with Crippen molar-refractivity contribution in [3.63, 3.8) is 0 Å². The second-order valence-electron chi connectivity index (χ2n) is 8.83. The molecule has 1 aliphatic rings. The standard InChI is InChI=1S/C28H34N2O4/c1-2-3-4-5-20-6-11-22(12-7-20)28(32)34-25-14-8-21(9-15-25)10-17-27(31)33-19-23-18-24(29)13-16-26(23)30/h2,8-10,13-18,20,22H,1,3-7,11-12,19,29-30H2/b17-10+. The highest BCUT2D eigenvalue weighted by molar-refractivity contribution is 5.87. The van der Waals surface area contributed by atoms with E-state index in [9.17, 15) is 9.59 Å². The zero-order valence-electron chi connectivity index (χ0n) is 19.6. The number of allylic oxidation sites excluding steroid dienone is 1. The first-order valence-corrected chi connectivity index (χ1v) is 11.9. The molecule has 0 unspecified atom stereocenters. The number of anilines is 2. The second kappa shape index (κ2) is 12.6. The molecule has 1 aliphatic carbocycles. The van der Waals surface area contributed by atoms with Gasteiger partial charge in [0, 0.05) is 23.0 Å². The Bertz CT molecular complexity index is 1010. The molecule has 0 radical (unpaired) electrons. The Hall–Kier alpha value is -3.54. The lowest BCUT2D eigenvalue weighted by atomic mass is 9.80. The third-order valence-corrected chi connectivity index (χ3v) is 6.25. The van der Waals surface area contributed by atoms with Crippen LogP contribution < -0.4 is 16.2 Å². The van der Waals surface area contributed by atoms with E-state index in [4.69, 9.17) is 20.9 Å². The highest BCUT2D eigenvalue weighted by Gasteiger charge is 2.27. The minimum absolute atomic E-state index is 0.0287. The Balaban J connectivity index is 1.42. The molecule has 0 aliphatic heterocycles. The molecule has 0 spiro atoms. The number of nitrogens with two attached hydrogens (primary N) is 2. The quantitative estimate of drug-likeness (QED) is 0.118. The third-order valence-electron chi connectivity index (χ3n) is 6.25. The van der Waals surface area contributed by atoms with Gasteiger partial charge in [-0.15, -0.1) is 6.58 Å². The van der Waals surface area contributed by atoms with Crippen molar-refractivity contribution in [3.8, 4) is 5.75 Å². The summed E-state index contributed by atoms with van der Waals surface area (Å²) in [7, 11) is 0. The maximum absolute atomic E-state index is 12.5. The van der Waals surface area contributed by atoms with Gasteiger partial charge < -0.3 is 20.9 Å². The molecule has 1 saturated carbocycles. The molecule has 1 fully saturated rings. The minimum Gasteiger partial charge on any atom is -0.458 e. The van der Waals surface area contributed by atoms with Crippen molar-refractivity contribution in [3.05, 3.63) is 72.3 Å². The van der Waals surface area contributed by atoms with E-state index >= 15 is 0 Å². The first-order valence-electron chi connectivity index (χ1n) is 11.9. The summed E-state index contributed by atoms with van der Waals surface area (Å²) in [5.41, 5.74) is 14.1. The van der Waals surface area contributed by atoms with Crippen molar-refractivity contribution < 1.29 is 19.1 Å². The molecule has 6 heteroatoms. The predicted octanol–water partition coefficient (Wildman–Crippen LogP) is 5.68. The van der Waals surface area contributed by atoms with Crippen LogP contribution in [-0.4, -0.2) is 11.9 Å². The van der Waals surface area contributed by atoms with E-state index in [-0.39, 0.29) is 18.5 Å². The predicted molar refractivity (Wildman–Crippen MR) is 136 cm³/mol. The summed E-state index contributed by atoms with van der Waals surface area (Å²) in [4.78, 5) is 24.6. The monoisotopic (exact) mass is 462 g/mol. The smallest absolute Gasteiger partial charge is 0.331 e. The number of esters is 2. The number of benzene rings is 2. The molecule has 34 heavy (non-hydrogen) atoms. The number of hydrogen-bond acceptors (Lipinski definition) is 6. The molecular weight excluding hydrogens is 428 g/mol. The van der Waals surface area contributed by atoms with Crippen molar-refractivity contribution in [1.29, 1.82) is 0 Å². The average molecular weight is 463 g/mol. The Kier molecular flexibility index (Phi) is 9.32. The van der Waals surface area contributed by atoms with Crippen LogP contribution in [0, 0.1) is 11.8 Å². The highest BCUT2D eigenvalue weighted by Crippen LogP contribution is 2.33. The maximum atomic E-state index is 12.5. The van der Waals surface area contributed by atoms with Gasteiger partial charge in [0.05, 0.1) is 5.92 Å². The number of carbonyl (C=O) groups excluding carboxylic acids is 2. The molecule has 180 valence electrons. The summed E-state index contributed by atoms with van der Waals surface area (Å²) in [5.74, 6) is 0.550. The molecule has 0 saturated heterocycles. The van der Waals surface area contributed by atoms with Crippen molar-refractivity contribution in [1.82, 2.24) is 0 Å². The third kappa shape index (κ3) is 7.80. The van der Waals surface area contributed by atoms with Crippen LogP contribution in [-0.2, 0) is 20.9 Å². The zero-order valence-corrected chi connectivity index (χ0v) is 19.6. The fourth-order valence-electron chi connectivity index (χ4n) is 4.20. The number of unbranched alkanes of at least 4 members (excludes halogenated alkanes) is 1. The van der Waals surface area contributed by atoms with Crippen LogP contribution in [0.15, 0.2) is 61.2 Å². The number of hydrogen-bond donors (Lipinski definition) is 2. The largest absolute Gasteiger partial charge is 0.458 e. The van der Waals surface area contributed by atoms with Gasteiger partial charge in [-0.25, -0.2) is 4.79 Å². The van der Waals surface area contributed by atoms with Gasteiger partial charge in [-0.1, -0.05) is 24.6 Å². The highest BCUT2D eigenvalue weighted by atomic mass is 16.5. The lowest BCUT2D eigenvalue weighted by molar-refractivity contribution is -0.140. The van der Waals surface area contributed by atoms with Gasteiger partial charge in [-0.2, -0.15) is 0 Å².